The number of rotatable bonds is 18. The molecule has 27 heteroatoms. The van der Waals surface area contributed by atoms with Gasteiger partial charge in [0.2, 0.25) is 23.6 Å². The van der Waals surface area contributed by atoms with E-state index in [-0.39, 0.29) is 66.1 Å². The van der Waals surface area contributed by atoms with Crippen LogP contribution in [0.4, 0.5) is 22.7 Å². The number of H-pyrrole nitrogens is 8. The second-order valence-corrected chi connectivity index (χ2v) is 42.8. The van der Waals surface area contributed by atoms with Crippen molar-refractivity contribution < 1.29 is 33.4 Å². The number of amides is 4. The second-order valence-electron chi connectivity index (χ2n) is 42.8. The molecule has 7 atom stereocenters. The molecule has 4 aliphatic carbocycles. The number of hydrogen-bond donors (Lipinski definition) is 8. The number of hydrogen-bond acceptors (Lipinski definition) is 15. The third kappa shape index (κ3) is 20.4. The van der Waals surface area contributed by atoms with Crippen LogP contribution in [0.15, 0.2) is 97.1 Å². The molecule has 133 heavy (non-hydrogen) atoms. The maximum absolute atomic E-state index is 13.3. The van der Waals surface area contributed by atoms with Crippen molar-refractivity contribution >= 4 is 90.0 Å². The van der Waals surface area contributed by atoms with E-state index < -0.39 is 0 Å². The van der Waals surface area contributed by atoms with Crippen LogP contribution in [-0.4, -0.2) is 247 Å². The van der Waals surface area contributed by atoms with Crippen molar-refractivity contribution in [1.29, 1.82) is 0 Å². The molecule has 0 bridgehead atoms. The summed E-state index contributed by atoms with van der Waals surface area (Å²) in [7, 11) is 9.25. The number of ether oxygens (including phenoxy) is 3. The highest BCUT2D eigenvalue weighted by Crippen LogP contribution is 2.45. The molecule has 0 radical (unpaired) electrons. The molecule has 8 aromatic heterocycles. The Kier molecular flexibility index (Phi) is 27.4. The lowest BCUT2D eigenvalue weighted by Crippen LogP contribution is -2.54. The van der Waals surface area contributed by atoms with Crippen molar-refractivity contribution in [3.8, 4) is 45.6 Å². The quantitative estimate of drug-likeness (QED) is 0.0396. The van der Waals surface area contributed by atoms with Crippen molar-refractivity contribution in [1.82, 2.24) is 80.3 Å². The number of anilines is 4. The number of piperidine rings is 2. The van der Waals surface area contributed by atoms with Gasteiger partial charge in [0.25, 0.3) is 0 Å². The van der Waals surface area contributed by atoms with Crippen LogP contribution in [0, 0.1) is 21.7 Å². The average molecular weight is 1810 g/mol. The van der Waals surface area contributed by atoms with Gasteiger partial charge in [0.15, 0.2) is 0 Å². The summed E-state index contributed by atoms with van der Waals surface area (Å²) in [5, 5.41) is 36.3. The van der Waals surface area contributed by atoms with E-state index in [9.17, 15) is 19.2 Å². The first-order chi connectivity index (χ1) is 63.5. The number of carbonyl (C=O) groups excluding carboxylic acids is 4. The van der Waals surface area contributed by atoms with E-state index in [2.05, 4.69) is 229 Å². The number of nitrogens with one attached hydrogen (secondary N) is 8. The van der Waals surface area contributed by atoms with E-state index in [1.165, 1.54) is 90.0 Å². The largest absolute Gasteiger partial charge is 0.380 e. The van der Waals surface area contributed by atoms with Gasteiger partial charge in [0, 0.05) is 179 Å². The number of aromatic amines is 8. The molecule has 12 aromatic rings. The van der Waals surface area contributed by atoms with Gasteiger partial charge in [-0.2, -0.15) is 20.4 Å². The molecule has 4 fully saturated rings. The van der Waals surface area contributed by atoms with Crippen LogP contribution in [0.5, 0.6) is 0 Å². The van der Waals surface area contributed by atoms with Crippen LogP contribution in [0.25, 0.3) is 89.2 Å². The van der Waals surface area contributed by atoms with Crippen LogP contribution in [0.1, 0.15) is 206 Å². The maximum atomic E-state index is 13.3. The summed E-state index contributed by atoms with van der Waals surface area (Å²) >= 11 is 0. The molecule has 710 valence electrons. The molecule has 0 spiro atoms. The number of morpholine rings is 2. The van der Waals surface area contributed by atoms with Gasteiger partial charge >= 0.3 is 0 Å². The number of likely N-dealkylation sites (tertiary alicyclic amines) is 2. The van der Waals surface area contributed by atoms with Crippen molar-refractivity contribution in [2.24, 2.45) is 21.7 Å². The fourth-order valence-electron chi connectivity index (χ4n) is 22.0. The smallest absolute Gasteiger partial charge is 0.244 e. The minimum absolute atomic E-state index is 0.0879. The van der Waals surface area contributed by atoms with Crippen molar-refractivity contribution in [2.75, 3.05) is 120 Å². The van der Waals surface area contributed by atoms with Gasteiger partial charge in [-0.25, -0.2) is 0 Å². The Balaban J connectivity index is 0.000000124. The number of fused-ring (bicyclic) bond motifs is 8. The van der Waals surface area contributed by atoms with Gasteiger partial charge in [-0.05, 0) is 258 Å². The van der Waals surface area contributed by atoms with Gasteiger partial charge in [-0.15, -0.1) is 0 Å². The normalized spacial score (nSPS) is 21.0. The van der Waals surface area contributed by atoms with E-state index in [1.54, 1.807) is 26.7 Å². The Bertz CT molecular complexity index is 6160. The van der Waals surface area contributed by atoms with Crippen LogP contribution < -0.4 is 19.6 Å². The van der Waals surface area contributed by atoms with Gasteiger partial charge in [0.1, 0.15) is 22.8 Å². The van der Waals surface area contributed by atoms with Gasteiger partial charge in [-0.1, -0.05) is 93.0 Å². The van der Waals surface area contributed by atoms with Gasteiger partial charge < -0.3 is 53.7 Å². The Labute approximate surface area is 784 Å². The summed E-state index contributed by atoms with van der Waals surface area (Å²) in [6, 6.07) is 32.9. The first-order valence-corrected chi connectivity index (χ1v) is 49.1. The van der Waals surface area contributed by atoms with E-state index in [1.807, 2.05) is 73.2 Å². The van der Waals surface area contributed by atoms with Crippen molar-refractivity contribution in [3.63, 3.8) is 0 Å². The van der Waals surface area contributed by atoms with Crippen LogP contribution in [0.3, 0.4) is 0 Å². The lowest BCUT2D eigenvalue weighted by atomic mass is 9.76. The highest BCUT2D eigenvalue weighted by atomic mass is 16.5. The zero-order valence-corrected chi connectivity index (χ0v) is 82.3. The van der Waals surface area contributed by atoms with Crippen LogP contribution in [-0.2, 0) is 84.8 Å². The Hall–Kier alpha value is -10.5. The summed E-state index contributed by atoms with van der Waals surface area (Å²) in [6.45, 7) is 39.2. The number of carbonyl (C=O) groups is 4. The zero-order valence-electron chi connectivity index (χ0n) is 82.3. The average Bonchev–Trinajstić information content (AvgIpc) is 1.63. The standard InChI is InChI=1S/2C27H37N5O2.C26H35N5O2.C26H35N5O/c1-16-14-32(15-17(2)34-16)18(3)26(33)31(6)20-8-7-19-11-23(28-22(19)12-20)25-21-9-10-27(4,5)13-24(21)29-30-25;1-17(32-12-6-7-20(16-32)34-5)26(33)31(4)19-9-8-18-13-23(28-22(18)14-19)25-21-10-11-27(2,3)15-24(21)29-30-25;1-5-23(31-10-12-33-13-11-31)25(32)30(4)18-7-6-17-14-21(27-20(17)15-18)24-19-8-9-26(2,3)16-22(19)28-29-24;1-17(31-12-6-5-7-13-31)25(32)30(4)19-9-8-18-14-22(27-21(18)15-19)24-20-10-11-26(2,3)16-23(20)28-29-24/h7-8,11-12,16-18,28H,9-10,13-15H2,1-6H3,(H,29,30);8-9,13-14,17,20,28H,6-7,10-12,15-16H2,1-5H3,(H,29,30);6-7,14-15,23,27H,5,8-13,16H2,1-4H3,(H,28,29);8-9,14-15,17,27H,5-7,10-13,16H2,1-4H3,(H,28,29)/t;17?,20-;;/m.1../s1. The number of likely N-dealkylation sites (N-methyl/N-ethyl adjacent to an activating group) is 4. The zero-order chi connectivity index (χ0) is 93.9. The molecule has 20 rings (SSSR count). The lowest BCUT2D eigenvalue weighted by molar-refractivity contribution is -0.129. The highest BCUT2D eigenvalue weighted by molar-refractivity contribution is 6.03. The predicted molar refractivity (Wildman–Crippen MR) is 534 cm³/mol. The topological polar surface area (TPSA) is 300 Å². The molecule has 6 unspecified atom stereocenters. The first-order valence-electron chi connectivity index (χ1n) is 49.1. The summed E-state index contributed by atoms with van der Waals surface area (Å²) in [5.41, 5.74) is 27.7. The molecule has 4 aromatic carbocycles. The molecule has 27 nitrogen and oxygen atoms in total. The van der Waals surface area contributed by atoms with E-state index in [0.29, 0.717) is 34.9 Å². The molecular weight excluding hydrogens is 1670 g/mol. The second kappa shape index (κ2) is 38.7. The molecule has 4 aliphatic heterocycles. The fraction of sp³-hybridized carbons (Fsp3) is 0.547. The number of nitrogens with zero attached hydrogens (tertiary/aromatic N) is 12. The van der Waals surface area contributed by atoms with Crippen molar-refractivity contribution in [3.05, 3.63) is 142 Å². The van der Waals surface area contributed by atoms with Gasteiger partial charge in [-0.3, -0.25) is 59.2 Å². The minimum Gasteiger partial charge on any atom is -0.380 e. The molecule has 12 heterocycles. The number of benzene rings is 4. The molecule has 8 N–H and O–H groups in total. The molecule has 4 saturated heterocycles. The van der Waals surface area contributed by atoms with E-state index >= 15 is 0 Å². The Morgan fingerprint density at radius 3 is 1.06 bits per heavy atom. The monoisotopic (exact) mass is 1810 g/mol. The van der Waals surface area contributed by atoms with Gasteiger partial charge in [0.05, 0.1) is 78.5 Å². The molecule has 4 amide bonds. The van der Waals surface area contributed by atoms with E-state index in [4.69, 9.17) is 14.2 Å². The molecular formula is C106H144N20O7. The molecule has 8 aliphatic rings. The summed E-state index contributed by atoms with van der Waals surface area (Å²) in [5.74, 6) is 0.486. The summed E-state index contributed by atoms with van der Waals surface area (Å²) in [4.78, 5) is 83.5. The summed E-state index contributed by atoms with van der Waals surface area (Å²) < 4.78 is 16.9. The van der Waals surface area contributed by atoms with E-state index in [0.717, 1.165) is 235 Å². The highest BCUT2D eigenvalue weighted by Gasteiger charge is 2.39. The SMILES string of the molecule is CC(C(=O)N(C)c1ccc2cc(-c3n[nH]c4c3CCC(C)(C)C4)[nH]c2c1)N1CCCCC1.CC1CN(C(C)C(=O)N(C)c2ccc3cc(-c4n[nH]c5c4CCC(C)(C)C5)[nH]c3c2)CC(C)O1.CCC(C(=O)N(C)c1ccc2cc(-c3n[nH]c4c3CCC(C)(C)C4)[nH]c2c1)N1CCOCC1.CO[C@@H]1CCCN(C(C)C(=O)N(C)c2ccc3cc(-c4n[nH]c5c4CCC(C)(C)C5)[nH]c3c2)C1. The predicted octanol–water partition coefficient (Wildman–Crippen LogP) is 18.1. The molecule has 0 saturated carbocycles. The number of aromatic nitrogens is 12. The number of methoxy groups -OCH3 is 1. The maximum Gasteiger partial charge on any atom is 0.244 e. The first kappa shape index (κ1) is 94.3. The minimum atomic E-state index is -0.200. The fourth-order valence-corrected chi connectivity index (χ4v) is 22.0. The third-order valence-corrected chi connectivity index (χ3v) is 30.4. The third-order valence-electron chi connectivity index (χ3n) is 30.4. The van der Waals surface area contributed by atoms with Crippen LogP contribution in [0.2, 0.25) is 0 Å². The lowest BCUT2D eigenvalue weighted by Gasteiger charge is -2.39. The Morgan fingerprint density at radius 2 is 0.729 bits per heavy atom. The Morgan fingerprint density at radius 1 is 0.414 bits per heavy atom. The summed E-state index contributed by atoms with van der Waals surface area (Å²) in [6.07, 6.45) is 20.1. The van der Waals surface area contributed by atoms with Crippen LogP contribution >= 0.6 is 0 Å². The van der Waals surface area contributed by atoms with Crippen molar-refractivity contribution in [2.45, 2.75) is 255 Å².